The van der Waals surface area contributed by atoms with Crippen LogP contribution in [0.25, 0.3) is 0 Å². The predicted octanol–water partition coefficient (Wildman–Crippen LogP) is 6.92. The summed E-state index contributed by atoms with van der Waals surface area (Å²) in [4.78, 5) is 0. The first-order valence-corrected chi connectivity index (χ1v) is 10.1. The number of hydrogen-bond acceptors (Lipinski definition) is 0. The first kappa shape index (κ1) is 18.8. The zero-order valence-corrected chi connectivity index (χ0v) is 17.3. The van der Waals surface area contributed by atoms with E-state index in [1.54, 1.807) is 0 Å². The average Bonchev–Trinajstić information content (AvgIpc) is 2.59. The molecule has 0 bridgehead atoms. The molecule has 0 unspecified atom stereocenters. The van der Waals surface area contributed by atoms with Crippen LogP contribution in [-0.2, 0) is 0 Å². The van der Waals surface area contributed by atoms with Gasteiger partial charge in [-0.15, -0.1) is 0 Å². The SMILES string of the molecule is Cc1cc(C#Cc2c(C)cc(C3CCC(C)CC3)cc2C)cc(C)c1C. The van der Waals surface area contributed by atoms with Crippen LogP contribution in [0.3, 0.4) is 0 Å². The van der Waals surface area contributed by atoms with Crippen molar-refractivity contribution in [1.29, 1.82) is 0 Å². The van der Waals surface area contributed by atoms with Crippen molar-refractivity contribution in [3.8, 4) is 11.8 Å². The van der Waals surface area contributed by atoms with Crippen molar-refractivity contribution in [3.63, 3.8) is 0 Å². The topological polar surface area (TPSA) is 0 Å². The molecule has 1 fully saturated rings. The van der Waals surface area contributed by atoms with Crippen LogP contribution in [0.2, 0.25) is 0 Å². The molecule has 0 aliphatic heterocycles. The van der Waals surface area contributed by atoms with Gasteiger partial charge in [-0.3, -0.25) is 0 Å². The van der Waals surface area contributed by atoms with Crippen LogP contribution in [0.4, 0.5) is 0 Å². The Hall–Kier alpha value is -2.00. The van der Waals surface area contributed by atoms with Crippen LogP contribution in [0, 0.1) is 52.4 Å². The Balaban J connectivity index is 1.88. The summed E-state index contributed by atoms with van der Waals surface area (Å²) in [6.07, 6.45) is 5.42. The van der Waals surface area contributed by atoms with Crippen molar-refractivity contribution in [3.05, 3.63) is 68.8 Å². The molecule has 1 aliphatic carbocycles. The standard InChI is InChI=1S/C26H32/c1-17-7-10-24(11-8-17)25-15-20(4)26(21(5)16-25)12-9-23-13-18(2)22(6)19(3)14-23/h13-17,24H,7-8,10-11H2,1-6H3. The number of rotatable bonds is 1. The maximum absolute atomic E-state index is 3.46. The number of hydrogen-bond donors (Lipinski definition) is 0. The van der Waals surface area contributed by atoms with E-state index in [-0.39, 0.29) is 0 Å². The summed E-state index contributed by atoms with van der Waals surface area (Å²) in [7, 11) is 0. The molecule has 0 saturated heterocycles. The van der Waals surface area contributed by atoms with E-state index in [1.807, 2.05) is 0 Å². The van der Waals surface area contributed by atoms with Crippen molar-refractivity contribution >= 4 is 0 Å². The molecule has 0 aromatic heterocycles. The van der Waals surface area contributed by atoms with Gasteiger partial charge < -0.3 is 0 Å². The van der Waals surface area contributed by atoms with Gasteiger partial charge in [0.1, 0.15) is 0 Å². The van der Waals surface area contributed by atoms with Gasteiger partial charge in [0.25, 0.3) is 0 Å². The third-order valence-electron chi connectivity index (χ3n) is 6.30. The smallest absolute Gasteiger partial charge is 0.0307 e. The van der Waals surface area contributed by atoms with Gasteiger partial charge >= 0.3 is 0 Å². The summed E-state index contributed by atoms with van der Waals surface area (Å²) >= 11 is 0. The predicted molar refractivity (Wildman–Crippen MR) is 113 cm³/mol. The second-order valence-electron chi connectivity index (χ2n) is 8.47. The Bertz CT molecular complexity index is 819. The Morgan fingerprint density at radius 1 is 0.692 bits per heavy atom. The fraction of sp³-hybridized carbons (Fsp3) is 0.462. The molecule has 2 aromatic carbocycles. The van der Waals surface area contributed by atoms with Gasteiger partial charge in [0, 0.05) is 11.1 Å². The van der Waals surface area contributed by atoms with E-state index in [2.05, 4.69) is 77.6 Å². The van der Waals surface area contributed by atoms with Gasteiger partial charge in [0.2, 0.25) is 0 Å². The van der Waals surface area contributed by atoms with Crippen molar-refractivity contribution in [2.75, 3.05) is 0 Å². The Morgan fingerprint density at radius 3 is 1.77 bits per heavy atom. The Labute approximate surface area is 160 Å². The van der Waals surface area contributed by atoms with Gasteiger partial charge in [-0.2, -0.15) is 0 Å². The van der Waals surface area contributed by atoms with E-state index < -0.39 is 0 Å². The third kappa shape index (κ3) is 4.04. The molecule has 3 rings (SSSR count). The monoisotopic (exact) mass is 344 g/mol. The highest BCUT2D eigenvalue weighted by atomic mass is 14.3. The molecule has 136 valence electrons. The molecular weight excluding hydrogens is 312 g/mol. The van der Waals surface area contributed by atoms with E-state index in [0.29, 0.717) is 0 Å². The summed E-state index contributed by atoms with van der Waals surface area (Å²) < 4.78 is 0. The molecule has 2 aromatic rings. The van der Waals surface area contributed by atoms with Crippen LogP contribution in [0.5, 0.6) is 0 Å². The number of benzene rings is 2. The molecule has 0 radical (unpaired) electrons. The van der Waals surface area contributed by atoms with Crippen molar-refractivity contribution < 1.29 is 0 Å². The fourth-order valence-electron chi connectivity index (χ4n) is 4.27. The van der Waals surface area contributed by atoms with Gasteiger partial charge in [0.05, 0.1) is 0 Å². The molecule has 0 nitrogen and oxygen atoms in total. The molecule has 0 heterocycles. The molecule has 0 spiro atoms. The molecule has 0 heteroatoms. The molecule has 0 N–H and O–H groups in total. The quantitative estimate of drug-likeness (QED) is 0.492. The van der Waals surface area contributed by atoms with Crippen LogP contribution >= 0.6 is 0 Å². The fourth-order valence-corrected chi connectivity index (χ4v) is 4.27. The summed E-state index contributed by atoms with van der Waals surface area (Å²) in [5.41, 5.74) is 10.5. The van der Waals surface area contributed by atoms with Gasteiger partial charge in [-0.25, -0.2) is 0 Å². The van der Waals surface area contributed by atoms with Crippen molar-refractivity contribution in [1.82, 2.24) is 0 Å². The Kier molecular flexibility index (Phi) is 5.57. The minimum Gasteiger partial charge on any atom is -0.0625 e. The summed E-state index contributed by atoms with van der Waals surface area (Å²) in [5, 5.41) is 0. The van der Waals surface area contributed by atoms with E-state index in [0.717, 1.165) is 17.4 Å². The minimum absolute atomic E-state index is 0.744. The van der Waals surface area contributed by atoms with E-state index in [1.165, 1.54) is 64.6 Å². The maximum atomic E-state index is 3.46. The highest BCUT2D eigenvalue weighted by Crippen LogP contribution is 2.36. The van der Waals surface area contributed by atoms with Gasteiger partial charge in [0.15, 0.2) is 0 Å². The summed E-state index contributed by atoms with van der Waals surface area (Å²) in [5.74, 6) is 8.51. The first-order chi connectivity index (χ1) is 12.3. The molecule has 0 atom stereocenters. The Morgan fingerprint density at radius 2 is 1.23 bits per heavy atom. The molecular formula is C26H32. The lowest BCUT2D eigenvalue weighted by atomic mass is 9.78. The second-order valence-corrected chi connectivity index (χ2v) is 8.47. The lowest BCUT2D eigenvalue weighted by Gasteiger charge is -2.27. The normalized spacial score (nSPS) is 19.8. The van der Waals surface area contributed by atoms with Crippen LogP contribution in [-0.4, -0.2) is 0 Å². The second kappa shape index (κ2) is 7.71. The molecule has 1 saturated carbocycles. The molecule has 26 heavy (non-hydrogen) atoms. The first-order valence-electron chi connectivity index (χ1n) is 10.1. The van der Waals surface area contributed by atoms with Gasteiger partial charge in [-0.1, -0.05) is 43.7 Å². The largest absolute Gasteiger partial charge is 0.0625 e. The van der Waals surface area contributed by atoms with Crippen molar-refractivity contribution in [2.45, 2.75) is 73.1 Å². The highest BCUT2D eigenvalue weighted by Gasteiger charge is 2.20. The van der Waals surface area contributed by atoms with Crippen LogP contribution in [0.1, 0.15) is 83.0 Å². The average molecular weight is 345 g/mol. The number of aryl methyl sites for hydroxylation is 4. The lowest BCUT2D eigenvalue weighted by Crippen LogP contribution is -2.11. The third-order valence-corrected chi connectivity index (χ3v) is 6.30. The minimum atomic E-state index is 0.744. The molecule has 0 amide bonds. The molecule has 1 aliphatic rings. The van der Waals surface area contributed by atoms with E-state index in [4.69, 9.17) is 0 Å². The zero-order chi connectivity index (χ0) is 18.8. The summed E-state index contributed by atoms with van der Waals surface area (Å²) in [6.45, 7) is 13.4. The van der Waals surface area contributed by atoms with Crippen LogP contribution < -0.4 is 0 Å². The van der Waals surface area contributed by atoms with Gasteiger partial charge in [-0.05, 0) is 105 Å². The lowest BCUT2D eigenvalue weighted by molar-refractivity contribution is 0.348. The van der Waals surface area contributed by atoms with Crippen molar-refractivity contribution in [2.24, 2.45) is 5.92 Å². The maximum Gasteiger partial charge on any atom is 0.0307 e. The zero-order valence-electron chi connectivity index (χ0n) is 17.3. The highest BCUT2D eigenvalue weighted by molar-refractivity contribution is 5.53. The van der Waals surface area contributed by atoms with Crippen LogP contribution in [0.15, 0.2) is 24.3 Å². The van der Waals surface area contributed by atoms with E-state index in [9.17, 15) is 0 Å². The van der Waals surface area contributed by atoms with E-state index >= 15 is 0 Å². The summed E-state index contributed by atoms with van der Waals surface area (Å²) in [6, 6.07) is 9.20.